The van der Waals surface area contributed by atoms with Gasteiger partial charge in [-0.05, 0) is 36.8 Å². The summed E-state index contributed by atoms with van der Waals surface area (Å²) in [6.45, 7) is 1.72. The minimum absolute atomic E-state index is 0.186. The first-order chi connectivity index (χ1) is 8.66. The van der Waals surface area contributed by atoms with Crippen molar-refractivity contribution in [3.63, 3.8) is 0 Å². The normalized spacial score (nSPS) is 11.3. The zero-order chi connectivity index (χ0) is 13.0. The van der Waals surface area contributed by atoms with Crippen molar-refractivity contribution < 1.29 is 13.6 Å². The molecule has 18 heavy (non-hydrogen) atoms. The minimum Gasteiger partial charge on any atom is -0.459 e. The molecule has 1 N–H and O–H groups in total. The number of nitrogens with zero attached hydrogens (tertiary/aromatic N) is 1. The molecule has 1 aromatic carbocycles. The second kappa shape index (κ2) is 5.27. The smallest absolute Gasteiger partial charge is 0.307 e. The van der Waals surface area contributed by atoms with Crippen LogP contribution in [0.1, 0.15) is 23.0 Å². The van der Waals surface area contributed by atoms with Crippen molar-refractivity contribution in [1.29, 1.82) is 0 Å². The number of hydrazone groups is 1. The summed E-state index contributed by atoms with van der Waals surface area (Å²) in [6, 6.07) is 9.01. The maximum absolute atomic E-state index is 12.7. The molecule has 0 saturated heterocycles. The number of hydrogen-bond acceptors (Lipinski definition) is 3. The predicted octanol–water partition coefficient (Wildman–Crippen LogP) is 2.57. The van der Waals surface area contributed by atoms with Gasteiger partial charge in [-0.2, -0.15) is 5.10 Å². The number of rotatable bonds is 3. The first kappa shape index (κ1) is 12.0. The molecule has 0 radical (unpaired) electrons. The highest BCUT2D eigenvalue weighted by Gasteiger charge is 2.07. The molecule has 0 aliphatic heterocycles. The lowest BCUT2D eigenvalue weighted by Gasteiger charge is -2.01. The Morgan fingerprint density at radius 1 is 1.28 bits per heavy atom. The molecule has 0 spiro atoms. The fourth-order valence-corrected chi connectivity index (χ4v) is 1.35. The van der Waals surface area contributed by atoms with E-state index in [2.05, 4.69) is 10.5 Å². The number of amides is 1. The van der Waals surface area contributed by atoms with Crippen molar-refractivity contribution in [2.24, 2.45) is 5.10 Å². The van der Waals surface area contributed by atoms with Crippen LogP contribution in [0.2, 0.25) is 0 Å². The Kier molecular flexibility index (Phi) is 3.52. The van der Waals surface area contributed by atoms with Crippen LogP contribution < -0.4 is 5.43 Å². The van der Waals surface area contributed by atoms with E-state index in [4.69, 9.17) is 4.42 Å². The van der Waals surface area contributed by atoms with Crippen molar-refractivity contribution in [3.05, 3.63) is 59.8 Å². The molecular formula is C13H11FN2O2. The number of benzene rings is 1. The molecule has 0 aliphatic rings. The summed E-state index contributed by atoms with van der Waals surface area (Å²) in [5.74, 6) is -0.557. The Morgan fingerprint density at radius 3 is 2.61 bits per heavy atom. The van der Waals surface area contributed by atoms with Crippen molar-refractivity contribution in [1.82, 2.24) is 5.43 Å². The molecule has 0 bridgehead atoms. The van der Waals surface area contributed by atoms with Gasteiger partial charge in [0.15, 0.2) is 5.76 Å². The predicted molar refractivity (Wildman–Crippen MR) is 64.8 cm³/mol. The Balaban J connectivity index is 2.05. The van der Waals surface area contributed by atoms with E-state index in [0.717, 1.165) is 5.56 Å². The number of carbonyl (C=O) groups excluding carboxylic acids is 1. The van der Waals surface area contributed by atoms with Gasteiger partial charge in [0.2, 0.25) is 0 Å². The Morgan fingerprint density at radius 2 is 2.00 bits per heavy atom. The van der Waals surface area contributed by atoms with Crippen LogP contribution in [0.3, 0.4) is 0 Å². The van der Waals surface area contributed by atoms with Gasteiger partial charge in [-0.25, -0.2) is 9.82 Å². The van der Waals surface area contributed by atoms with Gasteiger partial charge in [-0.3, -0.25) is 4.79 Å². The van der Waals surface area contributed by atoms with E-state index >= 15 is 0 Å². The second-order valence-corrected chi connectivity index (χ2v) is 3.62. The van der Waals surface area contributed by atoms with Crippen molar-refractivity contribution >= 4 is 11.6 Å². The first-order valence-corrected chi connectivity index (χ1v) is 5.31. The van der Waals surface area contributed by atoms with E-state index in [1.807, 2.05) is 0 Å². The Labute approximate surface area is 103 Å². The van der Waals surface area contributed by atoms with E-state index in [0.29, 0.717) is 5.71 Å². The van der Waals surface area contributed by atoms with E-state index < -0.39 is 5.91 Å². The average molecular weight is 246 g/mol. The molecule has 0 atom stereocenters. The molecule has 0 saturated carbocycles. The van der Waals surface area contributed by atoms with Gasteiger partial charge in [0.05, 0.1) is 12.0 Å². The average Bonchev–Trinajstić information content (AvgIpc) is 2.90. The van der Waals surface area contributed by atoms with E-state index in [-0.39, 0.29) is 11.6 Å². The van der Waals surface area contributed by atoms with Crippen LogP contribution in [-0.4, -0.2) is 11.6 Å². The molecule has 0 aliphatic carbocycles. The summed E-state index contributed by atoms with van der Waals surface area (Å²) < 4.78 is 17.6. The summed E-state index contributed by atoms with van der Waals surface area (Å²) >= 11 is 0. The van der Waals surface area contributed by atoms with E-state index in [9.17, 15) is 9.18 Å². The molecule has 0 fully saturated rings. The standard InChI is InChI=1S/C13H11FN2O2/c1-9(10-4-6-11(14)7-5-10)15-16-13(17)12-3-2-8-18-12/h2-8H,1H3,(H,16,17)/b15-9+. The summed E-state index contributed by atoms with van der Waals surface area (Å²) in [4.78, 5) is 11.5. The fourth-order valence-electron chi connectivity index (χ4n) is 1.35. The van der Waals surface area contributed by atoms with Crippen LogP contribution in [0, 0.1) is 5.82 Å². The first-order valence-electron chi connectivity index (χ1n) is 5.31. The SMILES string of the molecule is C/C(=N\NC(=O)c1ccco1)c1ccc(F)cc1. The fraction of sp³-hybridized carbons (Fsp3) is 0.0769. The number of furan rings is 1. The molecule has 4 nitrogen and oxygen atoms in total. The Hall–Kier alpha value is -2.43. The van der Waals surface area contributed by atoms with Crippen molar-refractivity contribution in [3.8, 4) is 0 Å². The second-order valence-electron chi connectivity index (χ2n) is 3.62. The van der Waals surface area contributed by atoms with Gasteiger partial charge < -0.3 is 4.42 Å². The molecule has 5 heteroatoms. The number of carbonyl (C=O) groups is 1. The zero-order valence-corrected chi connectivity index (χ0v) is 9.68. The quantitative estimate of drug-likeness (QED) is 0.668. The molecular weight excluding hydrogens is 235 g/mol. The van der Waals surface area contributed by atoms with Gasteiger partial charge in [0.1, 0.15) is 5.82 Å². The molecule has 1 aromatic heterocycles. The van der Waals surface area contributed by atoms with Gasteiger partial charge >= 0.3 is 5.91 Å². The summed E-state index contributed by atoms with van der Waals surface area (Å²) in [5, 5.41) is 3.91. The van der Waals surface area contributed by atoms with E-state index in [1.54, 1.807) is 25.1 Å². The third kappa shape index (κ3) is 2.82. The highest BCUT2D eigenvalue weighted by molar-refractivity contribution is 6.00. The third-order valence-corrected chi connectivity index (χ3v) is 2.33. The molecule has 1 heterocycles. The third-order valence-electron chi connectivity index (χ3n) is 2.33. The molecule has 2 rings (SSSR count). The van der Waals surface area contributed by atoms with E-state index in [1.165, 1.54) is 24.5 Å². The number of hydrogen-bond donors (Lipinski definition) is 1. The van der Waals surface area contributed by atoms with Crippen molar-refractivity contribution in [2.45, 2.75) is 6.92 Å². The van der Waals surface area contributed by atoms with Crippen LogP contribution in [0.5, 0.6) is 0 Å². The lowest BCUT2D eigenvalue weighted by molar-refractivity contribution is 0.0927. The summed E-state index contributed by atoms with van der Waals surface area (Å²) in [7, 11) is 0. The van der Waals surface area contributed by atoms with Crippen molar-refractivity contribution in [2.75, 3.05) is 0 Å². The van der Waals surface area contributed by atoms with Crippen LogP contribution in [0.15, 0.2) is 52.2 Å². The van der Waals surface area contributed by atoms with Crippen LogP contribution in [-0.2, 0) is 0 Å². The highest BCUT2D eigenvalue weighted by atomic mass is 19.1. The van der Waals surface area contributed by atoms with Gasteiger partial charge in [0, 0.05) is 0 Å². The topological polar surface area (TPSA) is 54.6 Å². The number of halogens is 1. The van der Waals surface area contributed by atoms with Gasteiger partial charge in [-0.15, -0.1) is 0 Å². The summed E-state index contributed by atoms with van der Waals surface area (Å²) in [6.07, 6.45) is 1.41. The lowest BCUT2D eigenvalue weighted by Crippen LogP contribution is -2.18. The minimum atomic E-state index is -0.429. The highest BCUT2D eigenvalue weighted by Crippen LogP contribution is 2.04. The molecule has 0 unspecified atom stereocenters. The van der Waals surface area contributed by atoms with Gasteiger partial charge in [-0.1, -0.05) is 12.1 Å². The van der Waals surface area contributed by atoms with Crippen LogP contribution in [0.25, 0.3) is 0 Å². The number of nitrogens with one attached hydrogen (secondary N) is 1. The maximum atomic E-state index is 12.7. The summed E-state index contributed by atoms with van der Waals surface area (Å²) in [5.41, 5.74) is 3.67. The Bertz CT molecular complexity index is 559. The van der Waals surface area contributed by atoms with Crippen LogP contribution >= 0.6 is 0 Å². The largest absolute Gasteiger partial charge is 0.459 e. The molecule has 1 amide bonds. The van der Waals surface area contributed by atoms with Crippen LogP contribution in [0.4, 0.5) is 4.39 Å². The molecule has 92 valence electrons. The maximum Gasteiger partial charge on any atom is 0.307 e. The van der Waals surface area contributed by atoms with Gasteiger partial charge in [0.25, 0.3) is 0 Å². The zero-order valence-electron chi connectivity index (χ0n) is 9.68. The monoisotopic (exact) mass is 246 g/mol. The lowest BCUT2D eigenvalue weighted by atomic mass is 10.1. The molecule has 2 aromatic rings.